The Morgan fingerprint density at radius 3 is 2.88 bits per heavy atom. The summed E-state index contributed by atoms with van der Waals surface area (Å²) in [5.41, 5.74) is 1.40. The number of ether oxygens (including phenoxy) is 1. The Kier molecular flexibility index (Phi) is 4.81. The van der Waals surface area contributed by atoms with Gasteiger partial charge in [0.25, 0.3) is 0 Å². The van der Waals surface area contributed by atoms with E-state index in [1.807, 2.05) is 30.3 Å². The van der Waals surface area contributed by atoms with Gasteiger partial charge in [0.05, 0.1) is 12.5 Å². The quantitative estimate of drug-likeness (QED) is 0.757. The lowest BCUT2D eigenvalue weighted by Gasteiger charge is -2.30. The number of amides is 1. The molecule has 5 nitrogen and oxygen atoms in total. The van der Waals surface area contributed by atoms with E-state index in [0.29, 0.717) is 17.2 Å². The van der Waals surface area contributed by atoms with Crippen molar-refractivity contribution >= 4 is 28.2 Å². The number of thiophene rings is 1. The van der Waals surface area contributed by atoms with Gasteiger partial charge in [0, 0.05) is 23.5 Å². The van der Waals surface area contributed by atoms with E-state index in [-0.39, 0.29) is 18.4 Å². The van der Waals surface area contributed by atoms with E-state index >= 15 is 0 Å². The molecule has 1 amide bonds. The van der Waals surface area contributed by atoms with Crippen molar-refractivity contribution in [1.29, 1.82) is 0 Å². The van der Waals surface area contributed by atoms with Crippen molar-refractivity contribution < 1.29 is 14.1 Å². The van der Waals surface area contributed by atoms with Crippen molar-refractivity contribution in [3.8, 4) is 0 Å². The molecule has 0 radical (unpaired) electrons. The minimum absolute atomic E-state index is 0.0241. The molecule has 0 aliphatic carbocycles. The van der Waals surface area contributed by atoms with Crippen LogP contribution in [-0.4, -0.2) is 24.3 Å². The Labute approximate surface area is 150 Å². The highest BCUT2D eigenvalue weighted by atomic mass is 32.1. The number of nitrogens with zero attached hydrogens (tertiary/aromatic N) is 1. The summed E-state index contributed by atoms with van der Waals surface area (Å²) in [7, 11) is 0. The first-order valence-electron chi connectivity index (χ1n) is 8.55. The Morgan fingerprint density at radius 2 is 2.08 bits per heavy atom. The molecule has 0 spiro atoms. The number of para-hydroxylation sites is 1. The molecule has 25 heavy (non-hydrogen) atoms. The molecule has 4 rings (SSSR count). The monoisotopic (exact) mass is 356 g/mol. The maximum atomic E-state index is 12.7. The average molecular weight is 356 g/mol. The van der Waals surface area contributed by atoms with Crippen molar-refractivity contribution in [3.63, 3.8) is 0 Å². The minimum Gasteiger partial charge on any atom is -0.381 e. The van der Waals surface area contributed by atoms with Gasteiger partial charge in [-0.05, 0) is 42.3 Å². The van der Waals surface area contributed by atoms with E-state index in [9.17, 15) is 4.79 Å². The Bertz CT molecular complexity index is 837. The molecular formula is C19H20N2O3S. The molecule has 0 bridgehead atoms. The number of rotatable bonds is 5. The number of carbonyl (C=O) groups is 1. The molecule has 1 aliphatic rings. The number of carbonyl (C=O) groups excluding carboxylic acids is 1. The fraction of sp³-hybridized carbons (Fsp3) is 0.368. The molecule has 0 saturated carbocycles. The van der Waals surface area contributed by atoms with Crippen molar-refractivity contribution in [1.82, 2.24) is 10.5 Å². The number of benzene rings is 1. The molecule has 3 aromatic rings. The number of nitrogens with one attached hydrogen (secondary N) is 1. The summed E-state index contributed by atoms with van der Waals surface area (Å²) in [6.07, 6.45) is 2.16. The molecule has 1 aromatic carbocycles. The number of aromatic nitrogens is 1. The fourth-order valence-electron chi connectivity index (χ4n) is 3.38. The minimum atomic E-state index is -0.0241. The van der Waals surface area contributed by atoms with Crippen LogP contribution in [0.15, 0.2) is 46.3 Å². The van der Waals surface area contributed by atoms with Crippen LogP contribution in [0.2, 0.25) is 0 Å². The van der Waals surface area contributed by atoms with Gasteiger partial charge in [-0.1, -0.05) is 23.4 Å². The van der Waals surface area contributed by atoms with E-state index in [4.69, 9.17) is 9.26 Å². The summed E-state index contributed by atoms with van der Waals surface area (Å²) in [5, 5.41) is 10.2. The highest BCUT2D eigenvalue weighted by Crippen LogP contribution is 2.32. The summed E-state index contributed by atoms with van der Waals surface area (Å²) in [6, 6.07) is 11.8. The van der Waals surface area contributed by atoms with Crippen LogP contribution in [0.3, 0.4) is 0 Å². The van der Waals surface area contributed by atoms with E-state index < -0.39 is 0 Å². The highest BCUT2D eigenvalue weighted by molar-refractivity contribution is 7.10. The summed E-state index contributed by atoms with van der Waals surface area (Å²) in [5.74, 6) is 0.384. The number of fused-ring (bicyclic) bond motifs is 1. The third-order valence-electron chi connectivity index (χ3n) is 4.68. The second kappa shape index (κ2) is 7.37. The van der Waals surface area contributed by atoms with E-state index in [1.54, 1.807) is 11.3 Å². The van der Waals surface area contributed by atoms with Crippen molar-refractivity contribution in [2.24, 2.45) is 5.92 Å². The molecule has 0 unspecified atom stereocenters. The normalized spacial score (nSPS) is 16.8. The van der Waals surface area contributed by atoms with Crippen LogP contribution >= 0.6 is 11.3 Å². The van der Waals surface area contributed by atoms with Gasteiger partial charge >= 0.3 is 0 Å². The maximum Gasteiger partial charge on any atom is 0.226 e. The van der Waals surface area contributed by atoms with Crippen LogP contribution in [0.4, 0.5) is 0 Å². The van der Waals surface area contributed by atoms with Crippen LogP contribution in [0.25, 0.3) is 11.0 Å². The van der Waals surface area contributed by atoms with Crippen LogP contribution in [0, 0.1) is 5.92 Å². The van der Waals surface area contributed by atoms with Crippen molar-refractivity contribution in [2.45, 2.75) is 25.3 Å². The van der Waals surface area contributed by atoms with E-state index in [1.165, 1.54) is 4.88 Å². The van der Waals surface area contributed by atoms with Gasteiger partial charge in [-0.15, -0.1) is 11.3 Å². The third-order valence-corrected chi connectivity index (χ3v) is 5.64. The first kappa shape index (κ1) is 16.3. The summed E-state index contributed by atoms with van der Waals surface area (Å²) in [4.78, 5) is 13.9. The molecular weight excluding hydrogens is 336 g/mol. The highest BCUT2D eigenvalue weighted by Gasteiger charge is 2.28. The fourth-order valence-corrected chi connectivity index (χ4v) is 4.25. The zero-order valence-corrected chi connectivity index (χ0v) is 14.6. The molecule has 1 aliphatic heterocycles. The average Bonchev–Trinajstić information content (AvgIpc) is 3.31. The Morgan fingerprint density at radius 1 is 1.24 bits per heavy atom. The Balaban J connectivity index is 1.50. The second-order valence-corrected chi connectivity index (χ2v) is 7.29. The van der Waals surface area contributed by atoms with Gasteiger partial charge in [0.2, 0.25) is 5.91 Å². The first-order chi connectivity index (χ1) is 12.3. The van der Waals surface area contributed by atoms with Gasteiger partial charge in [0.1, 0.15) is 5.69 Å². The molecule has 6 heteroatoms. The topological polar surface area (TPSA) is 64.4 Å². The lowest BCUT2D eigenvalue weighted by atomic mass is 9.90. The molecule has 3 heterocycles. The van der Waals surface area contributed by atoms with Gasteiger partial charge in [-0.3, -0.25) is 4.79 Å². The first-order valence-corrected chi connectivity index (χ1v) is 9.43. The van der Waals surface area contributed by atoms with E-state index in [0.717, 1.165) is 31.4 Å². The zero-order valence-electron chi connectivity index (χ0n) is 13.8. The third kappa shape index (κ3) is 3.60. The summed E-state index contributed by atoms with van der Waals surface area (Å²) < 4.78 is 10.8. The van der Waals surface area contributed by atoms with Crippen LogP contribution in [0.1, 0.15) is 29.5 Å². The lowest BCUT2D eigenvalue weighted by Crippen LogP contribution is -2.36. The van der Waals surface area contributed by atoms with Crippen LogP contribution in [-0.2, 0) is 16.0 Å². The molecule has 1 atom stereocenters. The standard InChI is InChI=1S/C19H20N2O3S/c22-18(12-15-14-4-1-2-5-16(14)24-21-15)20-19(17-6-3-11-25-17)13-7-9-23-10-8-13/h1-6,11,13,19H,7-10,12H2,(H,20,22)/t19-/m0/s1. The number of hydrogen-bond donors (Lipinski definition) is 1. The SMILES string of the molecule is O=C(Cc1noc2ccccc12)N[C@H](c1cccs1)C1CCOCC1. The molecule has 2 aromatic heterocycles. The van der Waals surface area contributed by atoms with Gasteiger partial charge in [-0.2, -0.15) is 0 Å². The predicted molar refractivity (Wildman–Crippen MR) is 96.5 cm³/mol. The van der Waals surface area contributed by atoms with Crippen LogP contribution in [0.5, 0.6) is 0 Å². The number of hydrogen-bond acceptors (Lipinski definition) is 5. The molecule has 1 fully saturated rings. The van der Waals surface area contributed by atoms with Gasteiger partial charge in [-0.25, -0.2) is 0 Å². The van der Waals surface area contributed by atoms with E-state index in [2.05, 4.69) is 21.9 Å². The van der Waals surface area contributed by atoms with Crippen molar-refractivity contribution in [2.75, 3.05) is 13.2 Å². The van der Waals surface area contributed by atoms with Crippen molar-refractivity contribution in [3.05, 3.63) is 52.3 Å². The molecule has 1 N–H and O–H groups in total. The largest absolute Gasteiger partial charge is 0.381 e. The summed E-state index contributed by atoms with van der Waals surface area (Å²) in [6.45, 7) is 1.52. The lowest BCUT2D eigenvalue weighted by molar-refractivity contribution is -0.121. The maximum absolute atomic E-state index is 12.7. The zero-order chi connectivity index (χ0) is 17.1. The predicted octanol–water partition coefficient (Wildman–Crippen LogP) is 3.72. The Hall–Kier alpha value is -2.18. The van der Waals surface area contributed by atoms with Gasteiger partial charge in [0.15, 0.2) is 5.58 Å². The summed E-state index contributed by atoms with van der Waals surface area (Å²) >= 11 is 1.69. The molecule has 1 saturated heterocycles. The van der Waals surface area contributed by atoms with Gasteiger partial charge < -0.3 is 14.6 Å². The van der Waals surface area contributed by atoms with Crippen LogP contribution < -0.4 is 5.32 Å². The second-order valence-electron chi connectivity index (χ2n) is 6.31. The molecule has 130 valence electrons. The smallest absolute Gasteiger partial charge is 0.226 e.